The van der Waals surface area contributed by atoms with Crippen LogP contribution in [-0.2, 0) is 33.5 Å². The van der Waals surface area contributed by atoms with Gasteiger partial charge in [-0.05, 0) is 116 Å². The molecule has 22 heteroatoms. The molecular weight excluding hydrogens is 1100 g/mol. The molecule has 83 heavy (non-hydrogen) atoms. The molecule has 3 N–H and O–H groups in total. The first-order valence-corrected chi connectivity index (χ1v) is 30.7. The first kappa shape index (κ1) is 52.3. The molecule has 2 aliphatic carbocycles. The van der Waals surface area contributed by atoms with Gasteiger partial charge in [-0.1, -0.05) is 30.4 Å². The number of aromatic nitrogens is 5. The second-order valence-electron chi connectivity index (χ2n) is 21.5. The molecule has 0 bridgehead atoms. The molecule has 0 radical (unpaired) electrons. The number of anilines is 2. The topological polar surface area (TPSA) is 229 Å². The Balaban J connectivity index is 0.814. The zero-order valence-corrected chi connectivity index (χ0v) is 47.5. The van der Waals surface area contributed by atoms with Gasteiger partial charge < -0.3 is 37.9 Å². The maximum atomic E-state index is 15.1. The van der Waals surface area contributed by atoms with Gasteiger partial charge in [0.15, 0.2) is 25.0 Å². The molecule has 2 atom stereocenters. The average molecular weight is 1160 g/mol. The van der Waals surface area contributed by atoms with Crippen LogP contribution in [0.15, 0.2) is 112 Å². The molecule has 0 spiro atoms. The van der Waals surface area contributed by atoms with Crippen LogP contribution in [0.3, 0.4) is 0 Å². The quantitative estimate of drug-likeness (QED) is 0.0967. The molecule has 4 aromatic carbocycles. The number of nitrogens with one attached hydrogen (secondary N) is 2. The SMILES string of the molecule is CNC(=O)c1c(C2=CCCC2)oc2cc(N(C)S(C)(=O)=O)c(-c3ncc4c(n3)-c3cc5ccc(C6CC=C(c7oc8cc(N(C)S(C)(=O)=O)c(-c9ccc%10c(n9)-c9cc%11c(F)cccc%11n9CO%10)cc8c7C(O)NC)C6)cc5n3CO4)cc12. The first-order chi connectivity index (χ1) is 39.9. The van der Waals surface area contributed by atoms with Crippen LogP contribution in [0.1, 0.15) is 77.3 Å². The van der Waals surface area contributed by atoms with Crippen LogP contribution in [0.5, 0.6) is 11.5 Å². The summed E-state index contributed by atoms with van der Waals surface area (Å²) < 4.78 is 99.9. The van der Waals surface area contributed by atoms with Gasteiger partial charge in [0.05, 0.1) is 63.8 Å². The van der Waals surface area contributed by atoms with E-state index in [0.29, 0.717) is 119 Å². The second-order valence-corrected chi connectivity index (χ2v) is 25.5. The Morgan fingerprint density at radius 2 is 1.46 bits per heavy atom. The Morgan fingerprint density at radius 3 is 2.19 bits per heavy atom. The summed E-state index contributed by atoms with van der Waals surface area (Å²) in [5, 5.41) is 19.9. The number of fused-ring (bicyclic) bond motifs is 12. The Kier molecular flexibility index (Phi) is 12.0. The highest BCUT2D eigenvalue weighted by molar-refractivity contribution is 7.92. The van der Waals surface area contributed by atoms with Gasteiger partial charge in [-0.15, -0.1) is 0 Å². The summed E-state index contributed by atoms with van der Waals surface area (Å²) in [7, 11) is -1.50. The lowest BCUT2D eigenvalue weighted by molar-refractivity contribution is 0.0963. The smallest absolute Gasteiger partial charge is 0.255 e. The third-order valence-electron chi connectivity index (χ3n) is 16.7. The Hall–Kier alpha value is -8.83. The van der Waals surface area contributed by atoms with Crippen molar-refractivity contribution in [3.8, 4) is 56.9 Å². The van der Waals surface area contributed by atoms with Gasteiger partial charge in [-0.3, -0.25) is 18.7 Å². The minimum Gasteiger partial charge on any atom is -0.470 e. The maximum absolute atomic E-state index is 15.1. The maximum Gasteiger partial charge on any atom is 0.255 e. The van der Waals surface area contributed by atoms with Gasteiger partial charge in [0, 0.05) is 71.5 Å². The summed E-state index contributed by atoms with van der Waals surface area (Å²) in [5.41, 5.74) is 10.1. The third-order valence-corrected chi connectivity index (χ3v) is 19.1. The number of furan rings is 2. The van der Waals surface area contributed by atoms with Gasteiger partial charge in [0.25, 0.3) is 5.91 Å². The largest absolute Gasteiger partial charge is 0.470 e. The zero-order valence-electron chi connectivity index (χ0n) is 45.9. The summed E-state index contributed by atoms with van der Waals surface area (Å²) in [6, 6.07) is 25.3. The van der Waals surface area contributed by atoms with E-state index in [-0.39, 0.29) is 42.6 Å². The van der Waals surface area contributed by atoms with E-state index in [9.17, 15) is 26.7 Å². The summed E-state index contributed by atoms with van der Waals surface area (Å²) in [4.78, 5) is 28.4. The van der Waals surface area contributed by atoms with Crippen LogP contribution in [0.2, 0.25) is 0 Å². The number of nitrogens with zero attached hydrogens (tertiary/aromatic N) is 7. The fourth-order valence-corrected chi connectivity index (χ4v) is 13.2. The van der Waals surface area contributed by atoms with Crippen molar-refractivity contribution in [3.05, 3.63) is 137 Å². The molecule has 0 saturated heterocycles. The number of aliphatic hydroxyl groups excluding tert-OH is 1. The summed E-state index contributed by atoms with van der Waals surface area (Å²) in [6.07, 6.45) is 10.5. The van der Waals surface area contributed by atoms with Crippen LogP contribution in [-0.4, -0.2) is 92.6 Å². The van der Waals surface area contributed by atoms with Crippen molar-refractivity contribution in [2.24, 2.45) is 0 Å². The van der Waals surface area contributed by atoms with E-state index in [2.05, 4.69) is 41.0 Å². The van der Waals surface area contributed by atoms with Gasteiger partial charge in [0.2, 0.25) is 20.0 Å². The summed E-state index contributed by atoms with van der Waals surface area (Å²) in [5.74, 6) is 1.36. The van der Waals surface area contributed by atoms with E-state index < -0.39 is 26.3 Å². The van der Waals surface area contributed by atoms with E-state index >= 15 is 4.39 Å². The number of pyridine rings is 1. The van der Waals surface area contributed by atoms with Gasteiger partial charge in [-0.2, -0.15) is 0 Å². The van der Waals surface area contributed by atoms with Crippen LogP contribution >= 0.6 is 0 Å². The number of amides is 1. The Morgan fingerprint density at radius 1 is 0.759 bits per heavy atom. The number of hydrogen-bond acceptors (Lipinski definition) is 14. The molecule has 6 aromatic heterocycles. The van der Waals surface area contributed by atoms with Crippen molar-refractivity contribution in [3.63, 3.8) is 0 Å². The zero-order chi connectivity index (χ0) is 57.5. The Labute approximate surface area is 475 Å². The van der Waals surface area contributed by atoms with E-state index in [1.54, 1.807) is 68.8 Å². The molecule has 0 saturated carbocycles. The van der Waals surface area contributed by atoms with Gasteiger partial charge in [0.1, 0.15) is 51.9 Å². The monoisotopic (exact) mass is 1160 g/mol. The lowest BCUT2D eigenvalue weighted by Crippen LogP contribution is -2.25. The predicted octanol–water partition coefficient (Wildman–Crippen LogP) is 10.7. The highest BCUT2D eigenvalue weighted by atomic mass is 32.2. The fourth-order valence-electron chi connectivity index (χ4n) is 12.2. The van der Waals surface area contributed by atoms with Crippen molar-refractivity contribution in [1.82, 2.24) is 34.7 Å². The first-order valence-electron chi connectivity index (χ1n) is 27.0. The average Bonchev–Trinajstić information content (AvgIpc) is 3.02. The molecular formula is C61H54FN9O10S2. The van der Waals surface area contributed by atoms with Crippen LogP contribution in [0.4, 0.5) is 15.8 Å². The standard InChI is InChI=1S/C61H54FN9O10S2/c1-63-60(72)53-40-24-38(46(69(4)83(6,76)77)27-51(40)80-57(53)31-10-7-8-11-31)59-65-28-52-56(67-59)47-22-34-16-14-33(21-44(34)71(47)30-79-52)32-15-17-35(20-32)58-54(61(73)64-2)39-23-37(45(26-50(39)81-58)68(3)82(5,74)75)42-18-19-49-55(66-42)48-25-36-41(62)12-9-13-43(36)70(48)29-78-49/h9-10,12-14,16-19,21-28,32,61,64,73H,7-8,11,15,20,29-30H2,1-6H3,(H,63,72). The third kappa shape index (κ3) is 8.39. The van der Waals surface area contributed by atoms with Crippen molar-refractivity contribution in [2.45, 2.75) is 57.7 Å². The molecule has 10 aromatic rings. The molecule has 1 amide bonds. The predicted molar refractivity (Wildman–Crippen MR) is 315 cm³/mol. The lowest BCUT2D eigenvalue weighted by Gasteiger charge is -2.23. The number of allylic oxidation sites excluding steroid dienone is 4. The number of benzene rings is 4. The van der Waals surface area contributed by atoms with E-state index in [0.717, 1.165) is 69.4 Å². The minimum absolute atomic E-state index is 0.000730. The summed E-state index contributed by atoms with van der Waals surface area (Å²) >= 11 is 0. The highest BCUT2D eigenvalue weighted by Crippen LogP contribution is 2.49. The molecule has 422 valence electrons. The molecule has 2 aliphatic heterocycles. The van der Waals surface area contributed by atoms with Crippen molar-refractivity contribution < 1.29 is 49.4 Å². The number of hydrogen-bond donors (Lipinski definition) is 3. The minimum atomic E-state index is -3.82. The number of carbonyl (C=O) groups excluding carboxylic acids is 1. The summed E-state index contributed by atoms with van der Waals surface area (Å²) in [6.45, 7) is 0.328. The fraction of sp³-hybridized carbons (Fsp3) is 0.246. The number of sulfonamides is 2. The van der Waals surface area contributed by atoms with Gasteiger partial charge >= 0.3 is 0 Å². The highest BCUT2D eigenvalue weighted by Gasteiger charge is 2.34. The van der Waals surface area contributed by atoms with E-state index in [1.807, 2.05) is 21.3 Å². The normalized spacial score (nSPS) is 16.1. The van der Waals surface area contributed by atoms with Crippen molar-refractivity contribution in [2.75, 3.05) is 49.3 Å². The van der Waals surface area contributed by atoms with Crippen molar-refractivity contribution in [1.29, 1.82) is 0 Å². The number of halogens is 1. The van der Waals surface area contributed by atoms with E-state index in [1.165, 1.54) is 24.5 Å². The molecule has 2 unspecified atom stereocenters. The number of carbonyl (C=O) groups is 1. The van der Waals surface area contributed by atoms with Crippen LogP contribution in [0, 0.1) is 5.82 Å². The molecule has 14 rings (SSSR count). The van der Waals surface area contributed by atoms with Crippen LogP contribution in [0.25, 0.3) is 100 Å². The number of aliphatic hydroxyl groups is 1. The second kappa shape index (κ2) is 19.1. The molecule has 0 fully saturated rings. The number of rotatable bonds is 12. The molecule has 8 heterocycles. The molecule has 4 aliphatic rings. The lowest BCUT2D eigenvalue weighted by atomic mass is 9.93. The van der Waals surface area contributed by atoms with Gasteiger partial charge in [-0.25, -0.2) is 36.2 Å². The Bertz CT molecular complexity index is 4770. The number of ether oxygens (including phenoxy) is 2. The van der Waals surface area contributed by atoms with Crippen molar-refractivity contribution >= 4 is 92.2 Å². The molecule has 19 nitrogen and oxygen atoms in total. The van der Waals surface area contributed by atoms with Crippen LogP contribution < -0.4 is 28.7 Å². The van der Waals surface area contributed by atoms with E-state index in [4.69, 9.17) is 33.3 Å².